The second-order valence-corrected chi connectivity index (χ2v) is 5.02. The summed E-state index contributed by atoms with van der Waals surface area (Å²) in [5.74, 6) is 0.994. The molecule has 0 spiro atoms. The first kappa shape index (κ1) is 13.6. The van der Waals surface area contributed by atoms with Crippen LogP contribution < -0.4 is 4.74 Å². The van der Waals surface area contributed by atoms with Crippen LogP contribution in [0.15, 0.2) is 24.3 Å². The van der Waals surface area contributed by atoms with Crippen LogP contribution in [0.5, 0.6) is 5.75 Å². The molecule has 1 fully saturated rings. The molecule has 0 bridgehead atoms. The maximum Gasteiger partial charge on any atom is 0.253 e. The van der Waals surface area contributed by atoms with Crippen LogP contribution in [0.25, 0.3) is 0 Å². The molecule has 1 aromatic rings. The van der Waals surface area contributed by atoms with E-state index < -0.39 is 0 Å². The van der Waals surface area contributed by atoms with Gasteiger partial charge in [0.2, 0.25) is 0 Å². The van der Waals surface area contributed by atoms with Crippen LogP contribution in [0.2, 0.25) is 0 Å². The highest BCUT2D eigenvalue weighted by molar-refractivity contribution is 5.95. The topological polar surface area (TPSA) is 46.6 Å². The highest BCUT2D eigenvalue weighted by Gasteiger charge is 2.21. The van der Waals surface area contributed by atoms with Crippen LogP contribution >= 0.6 is 0 Å². The van der Waals surface area contributed by atoms with Gasteiger partial charge in [-0.1, -0.05) is 0 Å². The lowest BCUT2D eigenvalue weighted by Crippen LogP contribution is -2.38. The number of benzene rings is 1. The van der Waals surface area contributed by atoms with E-state index in [0.717, 1.165) is 5.75 Å². The monoisotopic (exact) mass is 261 g/mol. The number of carbonyl (C=O) groups excluding carboxylic acids is 2. The van der Waals surface area contributed by atoms with E-state index in [9.17, 15) is 9.59 Å². The van der Waals surface area contributed by atoms with Gasteiger partial charge >= 0.3 is 0 Å². The van der Waals surface area contributed by atoms with E-state index in [0.29, 0.717) is 31.5 Å². The average molecular weight is 261 g/mol. The molecule has 4 nitrogen and oxygen atoms in total. The first-order valence-electron chi connectivity index (χ1n) is 6.64. The van der Waals surface area contributed by atoms with E-state index in [1.54, 1.807) is 17.0 Å². The van der Waals surface area contributed by atoms with Gasteiger partial charge in [0, 0.05) is 31.5 Å². The number of Topliss-reactive ketones (excluding diaryl/α,β-unsaturated/α-hetero) is 1. The Balaban J connectivity index is 2.01. The number of rotatable bonds is 3. The van der Waals surface area contributed by atoms with Crippen molar-refractivity contribution in [3.63, 3.8) is 0 Å². The van der Waals surface area contributed by atoms with Crippen molar-refractivity contribution in [1.82, 2.24) is 4.90 Å². The van der Waals surface area contributed by atoms with Crippen molar-refractivity contribution in [1.29, 1.82) is 0 Å². The lowest BCUT2D eigenvalue weighted by Gasteiger charge is -2.26. The van der Waals surface area contributed by atoms with Crippen LogP contribution in [0.4, 0.5) is 0 Å². The molecule has 102 valence electrons. The lowest BCUT2D eigenvalue weighted by molar-refractivity contribution is -0.120. The van der Waals surface area contributed by atoms with Gasteiger partial charge in [0.15, 0.2) is 0 Å². The summed E-state index contributed by atoms with van der Waals surface area (Å²) in [7, 11) is 0. The molecule has 0 atom stereocenters. The van der Waals surface area contributed by atoms with Gasteiger partial charge in [0.05, 0.1) is 6.10 Å². The van der Waals surface area contributed by atoms with E-state index in [1.807, 2.05) is 26.0 Å². The van der Waals surface area contributed by atoms with E-state index in [4.69, 9.17) is 4.74 Å². The van der Waals surface area contributed by atoms with Gasteiger partial charge in [-0.3, -0.25) is 9.59 Å². The number of amides is 1. The molecule has 0 unspecified atom stereocenters. The van der Waals surface area contributed by atoms with Crippen molar-refractivity contribution < 1.29 is 14.3 Å². The van der Waals surface area contributed by atoms with E-state index in [1.165, 1.54) is 0 Å². The van der Waals surface area contributed by atoms with Gasteiger partial charge in [-0.2, -0.15) is 0 Å². The quantitative estimate of drug-likeness (QED) is 0.838. The minimum absolute atomic E-state index is 0.0106. The zero-order valence-corrected chi connectivity index (χ0v) is 11.4. The number of ketones is 1. The first-order valence-corrected chi connectivity index (χ1v) is 6.64. The van der Waals surface area contributed by atoms with Crippen molar-refractivity contribution in [2.45, 2.75) is 32.8 Å². The summed E-state index contributed by atoms with van der Waals surface area (Å²) in [5.41, 5.74) is 0.644. The molecule has 0 aromatic heterocycles. The maximum atomic E-state index is 12.2. The Morgan fingerprint density at radius 3 is 2.26 bits per heavy atom. The number of piperidine rings is 1. The summed E-state index contributed by atoms with van der Waals surface area (Å²) in [4.78, 5) is 25.1. The Bertz CT molecular complexity index is 455. The molecule has 2 rings (SSSR count). The van der Waals surface area contributed by atoms with Crippen molar-refractivity contribution in [3.05, 3.63) is 29.8 Å². The zero-order chi connectivity index (χ0) is 13.8. The van der Waals surface area contributed by atoms with Gasteiger partial charge in [-0.15, -0.1) is 0 Å². The largest absolute Gasteiger partial charge is 0.491 e. The third kappa shape index (κ3) is 3.56. The minimum Gasteiger partial charge on any atom is -0.491 e. The molecule has 0 radical (unpaired) electrons. The summed E-state index contributed by atoms with van der Waals surface area (Å²) in [6.45, 7) is 4.98. The molecule has 0 saturated carbocycles. The number of ether oxygens (including phenoxy) is 1. The van der Waals surface area contributed by atoms with Crippen LogP contribution in [0.1, 0.15) is 37.0 Å². The fourth-order valence-electron chi connectivity index (χ4n) is 2.09. The van der Waals surface area contributed by atoms with E-state index in [-0.39, 0.29) is 17.8 Å². The highest BCUT2D eigenvalue weighted by Crippen LogP contribution is 2.16. The van der Waals surface area contributed by atoms with Crippen LogP contribution in [0, 0.1) is 0 Å². The molecule has 4 heteroatoms. The number of carbonyl (C=O) groups is 2. The normalized spacial score (nSPS) is 15.7. The summed E-state index contributed by atoms with van der Waals surface area (Å²) in [6, 6.07) is 7.16. The summed E-state index contributed by atoms with van der Waals surface area (Å²) >= 11 is 0. The highest BCUT2D eigenvalue weighted by atomic mass is 16.5. The molecule has 1 saturated heterocycles. The zero-order valence-electron chi connectivity index (χ0n) is 11.4. The molecular formula is C15H19NO3. The van der Waals surface area contributed by atoms with Crippen LogP contribution in [-0.4, -0.2) is 35.8 Å². The smallest absolute Gasteiger partial charge is 0.253 e. The van der Waals surface area contributed by atoms with Gasteiger partial charge in [-0.05, 0) is 38.1 Å². The van der Waals surface area contributed by atoms with Gasteiger partial charge < -0.3 is 9.64 Å². The van der Waals surface area contributed by atoms with Crippen LogP contribution in [-0.2, 0) is 4.79 Å². The Labute approximate surface area is 113 Å². The Morgan fingerprint density at radius 2 is 1.74 bits per heavy atom. The van der Waals surface area contributed by atoms with Crippen molar-refractivity contribution in [2.24, 2.45) is 0 Å². The third-order valence-electron chi connectivity index (χ3n) is 3.08. The first-order chi connectivity index (χ1) is 9.06. The van der Waals surface area contributed by atoms with Gasteiger partial charge in [0.1, 0.15) is 11.5 Å². The van der Waals surface area contributed by atoms with Crippen molar-refractivity contribution in [3.8, 4) is 5.75 Å². The van der Waals surface area contributed by atoms with Crippen molar-refractivity contribution >= 4 is 11.7 Å². The number of likely N-dealkylation sites (tertiary alicyclic amines) is 1. The number of hydrogen-bond acceptors (Lipinski definition) is 3. The van der Waals surface area contributed by atoms with Gasteiger partial charge in [0.25, 0.3) is 5.91 Å². The molecule has 1 aliphatic rings. The SMILES string of the molecule is CC(C)Oc1ccc(C(=O)N2CCC(=O)CC2)cc1. The second kappa shape index (κ2) is 5.87. The standard InChI is InChI=1S/C15H19NO3/c1-11(2)19-14-5-3-12(4-6-14)15(18)16-9-7-13(17)8-10-16/h3-6,11H,7-10H2,1-2H3. The fourth-order valence-corrected chi connectivity index (χ4v) is 2.09. The Morgan fingerprint density at radius 1 is 1.16 bits per heavy atom. The van der Waals surface area contributed by atoms with Gasteiger partial charge in [-0.25, -0.2) is 0 Å². The molecule has 1 aromatic carbocycles. The van der Waals surface area contributed by atoms with E-state index in [2.05, 4.69) is 0 Å². The molecule has 19 heavy (non-hydrogen) atoms. The predicted octanol–water partition coefficient (Wildman–Crippen LogP) is 2.28. The van der Waals surface area contributed by atoms with Crippen molar-refractivity contribution in [2.75, 3.05) is 13.1 Å². The molecular weight excluding hydrogens is 242 g/mol. The molecule has 1 heterocycles. The average Bonchev–Trinajstić information content (AvgIpc) is 2.39. The lowest BCUT2D eigenvalue weighted by atomic mass is 10.1. The Kier molecular flexibility index (Phi) is 4.20. The molecule has 1 aliphatic heterocycles. The van der Waals surface area contributed by atoms with E-state index >= 15 is 0 Å². The summed E-state index contributed by atoms with van der Waals surface area (Å²) in [6.07, 6.45) is 1.07. The molecule has 0 aliphatic carbocycles. The summed E-state index contributed by atoms with van der Waals surface area (Å²) in [5, 5.41) is 0. The second-order valence-electron chi connectivity index (χ2n) is 5.02. The third-order valence-corrected chi connectivity index (χ3v) is 3.08. The van der Waals surface area contributed by atoms with Crippen LogP contribution in [0.3, 0.4) is 0 Å². The molecule has 0 N–H and O–H groups in total. The fraction of sp³-hybridized carbons (Fsp3) is 0.467. The molecule has 1 amide bonds. The Hall–Kier alpha value is -1.84. The predicted molar refractivity (Wildman–Crippen MR) is 72.4 cm³/mol. The number of nitrogens with zero attached hydrogens (tertiary/aromatic N) is 1. The minimum atomic E-state index is -0.0106. The summed E-state index contributed by atoms with van der Waals surface area (Å²) < 4.78 is 5.54. The number of hydrogen-bond donors (Lipinski definition) is 0. The maximum absolute atomic E-state index is 12.2.